The van der Waals surface area contributed by atoms with E-state index in [-0.39, 0.29) is 0 Å². The van der Waals surface area contributed by atoms with Crippen LogP contribution in [0, 0.1) is 0 Å². The van der Waals surface area contributed by atoms with E-state index in [0.717, 1.165) is 23.5 Å². The van der Waals surface area contributed by atoms with Crippen molar-refractivity contribution in [2.24, 2.45) is 5.73 Å². The smallest absolute Gasteiger partial charge is 0.165 e. The molecule has 1 rings (SSSR count). The van der Waals surface area contributed by atoms with Gasteiger partial charge in [0.25, 0.3) is 0 Å². The molecule has 0 heterocycles. The summed E-state index contributed by atoms with van der Waals surface area (Å²) >= 11 is 0. The van der Waals surface area contributed by atoms with E-state index in [1.807, 2.05) is 19.9 Å². The highest BCUT2D eigenvalue weighted by Gasteiger charge is 2.23. The van der Waals surface area contributed by atoms with Gasteiger partial charge in [-0.05, 0) is 31.9 Å². The quantitative estimate of drug-likeness (QED) is 0.852. The normalized spacial score (nSPS) is 11.4. The van der Waals surface area contributed by atoms with Gasteiger partial charge in [-0.1, -0.05) is 13.0 Å². The molecule has 0 radical (unpaired) electrons. The highest BCUT2D eigenvalue weighted by atomic mass is 16.5. The van der Waals surface area contributed by atoms with Crippen molar-refractivity contribution < 1.29 is 9.47 Å². The molecule has 1 aromatic rings. The van der Waals surface area contributed by atoms with Gasteiger partial charge in [0.1, 0.15) is 0 Å². The molecule has 3 heteroatoms. The molecule has 0 spiro atoms. The van der Waals surface area contributed by atoms with Gasteiger partial charge < -0.3 is 15.2 Å². The van der Waals surface area contributed by atoms with Crippen LogP contribution in [0.5, 0.6) is 11.5 Å². The number of hydrogen-bond donors (Lipinski definition) is 1. The molecule has 16 heavy (non-hydrogen) atoms. The second-order valence-corrected chi connectivity index (χ2v) is 4.45. The zero-order valence-corrected chi connectivity index (χ0v) is 10.8. The Morgan fingerprint density at radius 1 is 1.19 bits per heavy atom. The maximum Gasteiger partial charge on any atom is 0.165 e. The van der Waals surface area contributed by atoms with Crippen molar-refractivity contribution in [2.75, 3.05) is 14.2 Å². The topological polar surface area (TPSA) is 44.5 Å². The summed E-state index contributed by atoms with van der Waals surface area (Å²) in [6, 6.07) is 4.08. The summed E-state index contributed by atoms with van der Waals surface area (Å²) in [5.74, 6) is 1.47. The lowest BCUT2D eigenvalue weighted by molar-refractivity contribution is 0.343. The first-order valence-electron chi connectivity index (χ1n) is 5.48. The van der Waals surface area contributed by atoms with Crippen molar-refractivity contribution in [3.05, 3.63) is 23.3 Å². The van der Waals surface area contributed by atoms with E-state index < -0.39 is 5.54 Å². The fourth-order valence-electron chi connectivity index (χ4n) is 1.70. The van der Waals surface area contributed by atoms with Gasteiger partial charge in [-0.25, -0.2) is 0 Å². The molecular weight excluding hydrogens is 202 g/mol. The zero-order chi connectivity index (χ0) is 12.3. The van der Waals surface area contributed by atoms with Crippen molar-refractivity contribution in [3.8, 4) is 11.5 Å². The average molecular weight is 223 g/mol. The van der Waals surface area contributed by atoms with Gasteiger partial charge in [0.2, 0.25) is 0 Å². The summed E-state index contributed by atoms with van der Waals surface area (Å²) in [4.78, 5) is 0. The van der Waals surface area contributed by atoms with Gasteiger partial charge >= 0.3 is 0 Å². The molecule has 0 aliphatic rings. The van der Waals surface area contributed by atoms with Crippen molar-refractivity contribution in [1.82, 2.24) is 0 Å². The van der Waals surface area contributed by atoms with Gasteiger partial charge in [-0.2, -0.15) is 0 Å². The fourth-order valence-corrected chi connectivity index (χ4v) is 1.70. The first-order chi connectivity index (χ1) is 7.43. The first kappa shape index (κ1) is 12.8. The first-order valence-corrected chi connectivity index (χ1v) is 5.48. The third-order valence-corrected chi connectivity index (χ3v) is 2.64. The Bertz CT molecular complexity index is 367. The molecule has 2 N–H and O–H groups in total. The molecule has 0 unspecified atom stereocenters. The number of nitrogens with two attached hydrogens (primary N) is 1. The summed E-state index contributed by atoms with van der Waals surface area (Å²) < 4.78 is 10.7. The number of hydrogen-bond acceptors (Lipinski definition) is 3. The molecule has 0 aromatic heterocycles. The van der Waals surface area contributed by atoms with Crippen molar-refractivity contribution in [1.29, 1.82) is 0 Å². The van der Waals surface area contributed by atoms with Crippen molar-refractivity contribution >= 4 is 0 Å². The molecule has 0 atom stereocenters. The van der Waals surface area contributed by atoms with E-state index in [9.17, 15) is 0 Å². The van der Waals surface area contributed by atoms with Crippen LogP contribution in [0.1, 0.15) is 31.9 Å². The van der Waals surface area contributed by atoms with Gasteiger partial charge in [0.05, 0.1) is 14.2 Å². The van der Waals surface area contributed by atoms with Gasteiger partial charge in [-0.15, -0.1) is 0 Å². The summed E-state index contributed by atoms with van der Waals surface area (Å²) in [7, 11) is 3.28. The van der Waals surface area contributed by atoms with Crippen molar-refractivity contribution in [2.45, 2.75) is 32.7 Å². The van der Waals surface area contributed by atoms with Crippen LogP contribution in [0.4, 0.5) is 0 Å². The van der Waals surface area contributed by atoms with Crippen molar-refractivity contribution in [3.63, 3.8) is 0 Å². The summed E-state index contributed by atoms with van der Waals surface area (Å²) in [6.07, 6.45) is 0.948. The lowest BCUT2D eigenvalue weighted by atomic mass is 9.92. The molecule has 0 aliphatic carbocycles. The maximum absolute atomic E-state index is 6.14. The highest BCUT2D eigenvalue weighted by molar-refractivity contribution is 5.52. The Kier molecular flexibility index (Phi) is 3.81. The summed E-state index contributed by atoms with van der Waals surface area (Å²) in [6.45, 7) is 6.03. The molecular formula is C13H21NO2. The van der Waals surface area contributed by atoms with Crippen LogP contribution in [0.25, 0.3) is 0 Å². The van der Waals surface area contributed by atoms with Crippen LogP contribution >= 0.6 is 0 Å². The standard InChI is InChI=1S/C13H21NO2/c1-6-9-7-10(13(2,3)14)12(16-5)11(8-9)15-4/h7-8H,6,14H2,1-5H3. The van der Waals surface area contributed by atoms with Crippen LogP contribution < -0.4 is 15.2 Å². The minimum absolute atomic E-state index is 0.441. The zero-order valence-electron chi connectivity index (χ0n) is 10.8. The van der Waals surface area contributed by atoms with Gasteiger partial charge in [-0.3, -0.25) is 0 Å². The summed E-state index contributed by atoms with van der Waals surface area (Å²) in [5, 5.41) is 0. The Balaban J connectivity index is 3.43. The molecule has 0 fully saturated rings. The van der Waals surface area contributed by atoms with Gasteiger partial charge in [0, 0.05) is 11.1 Å². The maximum atomic E-state index is 6.14. The van der Waals surface area contributed by atoms with E-state index in [1.165, 1.54) is 5.56 Å². The monoisotopic (exact) mass is 223 g/mol. The van der Waals surface area contributed by atoms with Crippen LogP contribution in [0.15, 0.2) is 12.1 Å². The van der Waals surface area contributed by atoms with E-state index in [1.54, 1.807) is 14.2 Å². The van der Waals surface area contributed by atoms with E-state index >= 15 is 0 Å². The molecule has 0 aliphatic heterocycles. The highest BCUT2D eigenvalue weighted by Crippen LogP contribution is 2.37. The Morgan fingerprint density at radius 3 is 2.19 bits per heavy atom. The number of methoxy groups -OCH3 is 2. The summed E-state index contributed by atoms with van der Waals surface area (Å²) in [5.41, 5.74) is 7.88. The second kappa shape index (κ2) is 4.74. The third kappa shape index (κ3) is 2.47. The predicted molar refractivity (Wildman–Crippen MR) is 66.1 cm³/mol. The molecule has 0 amide bonds. The number of rotatable bonds is 4. The molecule has 0 saturated heterocycles. The van der Waals surface area contributed by atoms with E-state index in [2.05, 4.69) is 13.0 Å². The number of benzene rings is 1. The number of aryl methyl sites for hydroxylation is 1. The SMILES string of the molecule is CCc1cc(OC)c(OC)c(C(C)(C)N)c1. The molecule has 1 aromatic carbocycles. The molecule has 0 saturated carbocycles. The minimum Gasteiger partial charge on any atom is -0.493 e. The lowest BCUT2D eigenvalue weighted by Crippen LogP contribution is -2.29. The Labute approximate surface area is 97.6 Å². The Hall–Kier alpha value is -1.22. The predicted octanol–water partition coefficient (Wildman–Crippen LogP) is 2.46. The largest absolute Gasteiger partial charge is 0.493 e. The minimum atomic E-state index is -0.441. The van der Waals surface area contributed by atoms with Crippen LogP contribution in [0.3, 0.4) is 0 Å². The molecule has 0 bridgehead atoms. The van der Waals surface area contributed by atoms with Gasteiger partial charge in [0.15, 0.2) is 11.5 Å². The lowest BCUT2D eigenvalue weighted by Gasteiger charge is -2.24. The van der Waals surface area contributed by atoms with Crippen LogP contribution in [-0.2, 0) is 12.0 Å². The third-order valence-electron chi connectivity index (χ3n) is 2.64. The van der Waals surface area contributed by atoms with Crippen LogP contribution in [0.2, 0.25) is 0 Å². The fraction of sp³-hybridized carbons (Fsp3) is 0.538. The molecule has 90 valence electrons. The Morgan fingerprint density at radius 2 is 1.81 bits per heavy atom. The number of ether oxygens (including phenoxy) is 2. The molecule has 3 nitrogen and oxygen atoms in total. The van der Waals surface area contributed by atoms with E-state index in [0.29, 0.717) is 0 Å². The average Bonchev–Trinajstić information content (AvgIpc) is 2.25. The van der Waals surface area contributed by atoms with E-state index in [4.69, 9.17) is 15.2 Å². The van der Waals surface area contributed by atoms with Crippen LogP contribution in [-0.4, -0.2) is 14.2 Å². The second-order valence-electron chi connectivity index (χ2n) is 4.45.